The van der Waals surface area contributed by atoms with E-state index in [1.807, 2.05) is 59.9 Å². The maximum atomic E-state index is 6.26. The molecule has 11 rings (SSSR count). The van der Waals surface area contributed by atoms with E-state index in [4.69, 9.17) is 18.8 Å². The highest BCUT2D eigenvalue weighted by Gasteiger charge is 2.36. The molecule has 0 spiro atoms. The van der Waals surface area contributed by atoms with Gasteiger partial charge in [-0.1, -0.05) is 86.6 Å². The van der Waals surface area contributed by atoms with Crippen molar-refractivity contribution in [3.8, 4) is 56.3 Å². The van der Waals surface area contributed by atoms with Gasteiger partial charge in [0.1, 0.15) is 11.0 Å². The molecule has 0 fully saturated rings. The number of para-hydroxylation sites is 4. The van der Waals surface area contributed by atoms with Gasteiger partial charge in [-0.05, 0) is 117 Å². The highest BCUT2D eigenvalue weighted by Crippen LogP contribution is 2.52. The number of oxazole rings is 2. The van der Waals surface area contributed by atoms with Crippen molar-refractivity contribution in [2.24, 2.45) is 0 Å². The minimum atomic E-state index is -0.127. The summed E-state index contributed by atoms with van der Waals surface area (Å²) in [6.07, 6.45) is 0. The fourth-order valence-corrected chi connectivity index (χ4v) is 9.17. The van der Waals surface area contributed by atoms with Crippen LogP contribution in [0.15, 0.2) is 154 Å². The number of hydrogen-bond acceptors (Lipinski definition) is 5. The molecule has 7 aromatic carbocycles. The summed E-state index contributed by atoms with van der Waals surface area (Å²) in [5.41, 5.74) is 14.7. The molecule has 0 amide bonds. The van der Waals surface area contributed by atoms with Gasteiger partial charge in [0.2, 0.25) is 11.8 Å². The van der Waals surface area contributed by atoms with Crippen molar-refractivity contribution in [3.63, 3.8) is 0 Å². The van der Waals surface area contributed by atoms with Crippen LogP contribution >= 0.6 is 11.3 Å². The van der Waals surface area contributed by atoms with Crippen LogP contribution in [0.1, 0.15) is 25.0 Å². The van der Waals surface area contributed by atoms with Crippen LogP contribution in [0, 0.1) is 0 Å². The summed E-state index contributed by atoms with van der Waals surface area (Å²) < 4.78 is 15.2. The summed E-state index contributed by atoms with van der Waals surface area (Å²) in [6, 6.07) is 51.5. The second kappa shape index (κ2) is 10.8. The molecule has 5 heteroatoms. The number of hydrogen-bond donors (Lipinski definition) is 0. The van der Waals surface area contributed by atoms with Gasteiger partial charge in [0.15, 0.2) is 11.2 Å². The Hall–Kier alpha value is -6.30. The van der Waals surface area contributed by atoms with Crippen LogP contribution in [0.25, 0.3) is 98.7 Å². The van der Waals surface area contributed by atoms with Crippen molar-refractivity contribution in [1.82, 2.24) is 9.97 Å². The highest BCUT2D eigenvalue weighted by atomic mass is 32.1. The molecule has 1 aliphatic rings. The molecule has 0 radical (unpaired) electrons. The van der Waals surface area contributed by atoms with E-state index < -0.39 is 0 Å². The van der Waals surface area contributed by atoms with E-state index in [1.54, 1.807) is 0 Å². The number of fused-ring (bicyclic) bond motifs is 8. The summed E-state index contributed by atoms with van der Waals surface area (Å²) in [6.45, 7) is 4.73. The van der Waals surface area contributed by atoms with Gasteiger partial charge < -0.3 is 8.83 Å². The van der Waals surface area contributed by atoms with E-state index in [0.29, 0.717) is 11.8 Å². The first-order valence-corrected chi connectivity index (χ1v) is 18.4. The van der Waals surface area contributed by atoms with Crippen LogP contribution in [0.5, 0.6) is 0 Å². The summed E-state index contributed by atoms with van der Waals surface area (Å²) >= 11 is 1.88. The number of thiophene rings is 1. The smallest absolute Gasteiger partial charge is 0.227 e. The summed E-state index contributed by atoms with van der Waals surface area (Å²) in [7, 11) is 0. The fraction of sp³-hybridized carbons (Fsp3) is 0.0638. The van der Waals surface area contributed by atoms with Gasteiger partial charge in [-0.15, -0.1) is 11.3 Å². The lowest BCUT2D eigenvalue weighted by atomic mass is 9.81. The zero-order valence-electron chi connectivity index (χ0n) is 28.5. The van der Waals surface area contributed by atoms with E-state index in [0.717, 1.165) is 50.0 Å². The van der Waals surface area contributed by atoms with Gasteiger partial charge in [0, 0.05) is 36.7 Å². The topological polar surface area (TPSA) is 52.1 Å². The zero-order chi connectivity index (χ0) is 34.6. The quantitative estimate of drug-likeness (QED) is 0.185. The first kappa shape index (κ1) is 29.4. The van der Waals surface area contributed by atoms with Crippen molar-refractivity contribution in [2.75, 3.05) is 0 Å². The van der Waals surface area contributed by atoms with E-state index in [9.17, 15) is 0 Å². The Morgan fingerprint density at radius 2 is 1.02 bits per heavy atom. The van der Waals surface area contributed by atoms with Crippen molar-refractivity contribution in [3.05, 3.63) is 157 Å². The average Bonchev–Trinajstić information content (AvgIpc) is 3.95. The molecule has 4 nitrogen and oxygen atoms in total. The lowest BCUT2D eigenvalue weighted by Crippen LogP contribution is -2.15. The molecular weight excluding hydrogens is 657 g/mol. The number of nitrogens with zero attached hydrogens (tertiary/aromatic N) is 2. The summed E-state index contributed by atoms with van der Waals surface area (Å²) in [5, 5.41) is 2.69. The molecule has 0 saturated carbocycles. The molecule has 0 unspecified atom stereocenters. The summed E-state index contributed by atoms with van der Waals surface area (Å²) in [5.74, 6) is 1.12. The second-order valence-corrected chi connectivity index (χ2v) is 15.3. The number of benzene rings is 7. The van der Waals surface area contributed by atoms with Crippen molar-refractivity contribution >= 4 is 53.7 Å². The molecule has 0 atom stereocenters. The number of aromatic nitrogens is 2. The molecule has 0 saturated heterocycles. The van der Waals surface area contributed by atoms with E-state index in [2.05, 4.69) is 111 Å². The standard InChI is InChI=1S/C47H30N2O2S/c1-47(2)37-24-29(18-19-33(37)35-26-44-36(25-38(35)47)34-12-3-8-17-43(34)52-44)27-10-9-11-28(20-27)30-21-31(45-48-39-13-4-6-15-41(39)50-45)23-32(22-30)46-49-40-14-5-7-16-42(40)51-46/h3-26H,1-2H3. The Balaban J connectivity index is 1.02. The third kappa shape index (κ3) is 4.46. The molecule has 10 aromatic rings. The molecule has 0 aliphatic heterocycles. The van der Waals surface area contributed by atoms with Crippen LogP contribution in [0.3, 0.4) is 0 Å². The first-order valence-electron chi connectivity index (χ1n) is 17.5. The molecule has 0 N–H and O–H groups in total. The van der Waals surface area contributed by atoms with E-state index in [1.165, 1.54) is 48.0 Å². The predicted molar refractivity (Wildman–Crippen MR) is 214 cm³/mol. The monoisotopic (exact) mass is 686 g/mol. The van der Waals surface area contributed by atoms with Gasteiger partial charge in [-0.25, -0.2) is 9.97 Å². The third-order valence-corrected chi connectivity index (χ3v) is 11.9. The predicted octanol–water partition coefficient (Wildman–Crippen LogP) is 13.3. The van der Waals surface area contributed by atoms with Crippen LogP contribution < -0.4 is 0 Å². The largest absolute Gasteiger partial charge is 0.436 e. The minimum absolute atomic E-state index is 0.127. The second-order valence-electron chi connectivity index (χ2n) is 14.2. The average molecular weight is 687 g/mol. The Kier molecular flexibility index (Phi) is 6.14. The maximum Gasteiger partial charge on any atom is 0.227 e. The van der Waals surface area contributed by atoms with Gasteiger partial charge in [0.05, 0.1) is 0 Å². The normalized spacial score (nSPS) is 13.3. The Morgan fingerprint density at radius 3 is 1.73 bits per heavy atom. The van der Waals surface area contributed by atoms with Gasteiger partial charge in [-0.3, -0.25) is 0 Å². The lowest BCUT2D eigenvalue weighted by Gasteiger charge is -2.22. The minimum Gasteiger partial charge on any atom is -0.436 e. The van der Waals surface area contributed by atoms with Crippen molar-refractivity contribution in [2.45, 2.75) is 19.3 Å². The first-order chi connectivity index (χ1) is 25.5. The maximum absolute atomic E-state index is 6.26. The SMILES string of the molecule is CC1(C)c2cc(-c3cccc(-c4cc(-c5nc6ccccc6o5)cc(-c5nc6ccccc6o5)c4)c3)ccc2-c2cc3sc4ccccc4c3cc21. The fourth-order valence-electron chi connectivity index (χ4n) is 8.04. The Morgan fingerprint density at radius 1 is 0.442 bits per heavy atom. The third-order valence-electron chi connectivity index (χ3n) is 10.7. The van der Waals surface area contributed by atoms with Crippen LogP contribution in [-0.4, -0.2) is 9.97 Å². The molecule has 1 aliphatic carbocycles. The zero-order valence-corrected chi connectivity index (χ0v) is 29.3. The molecule has 0 bridgehead atoms. The van der Waals surface area contributed by atoms with Gasteiger partial charge in [0.25, 0.3) is 0 Å². The highest BCUT2D eigenvalue weighted by molar-refractivity contribution is 7.25. The van der Waals surface area contributed by atoms with Crippen molar-refractivity contribution < 1.29 is 8.83 Å². The summed E-state index contributed by atoms with van der Waals surface area (Å²) in [4.78, 5) is 9.67. The van der Waals surface area contributed by atoms with Crippen LogP contribution in [0.4, 0.5) is 0 Å². The van der Waals surface area contributed by atoms with E-state index >= 15 is 0 Å². The van der Waals surface area contributed by atoms with Gasteiger partial charge in [-0.2, -0.15) is 0 Å². The Bertz CT molecular complexity index is 2910. The molecule has 246 valence electrons. The molecular formula is C47H30N2O2S. The van der Waals surface area contributed by atoms with Crippen LogP contribution in [0.2, 0.25) is 0 Å². The van der Waals surface area contributed by atoms with Gasteiger partial charge >= 0.3 is 0 Å². The Labute approximate surface area is 303 Å². The lowest BCUT2D eigenvalue weighted by molar-refractivity contribution is 0.617. The molecule has 52 heavy (non-hydrogen) atoms. The molecule has 3 heterocycles. The van der Waals surface area contributed by atoms with Crippen molar-refractivity contribution in [1.29, 1.82) is 0 Å². The van der Waals surface area contributed by atoms with Crippen LogP contribution in [-0.2, 0) is 5.41 Å². The number of rotatable bonds is 4. The molecule has 3 aromatic heterocycles. The van der Waals surface area contributed by atoms with E-state index in [-0.39, 0.29) is 5.41 Å².